The third-order valence-corrected chi connectivity index (χ3v) is 5.36. The van der Waals surface area contributed by atoms with E-state index in [0.717, 1.165) is 38.5 Å². The maximum atomic E-state index is 12.4. The monoisotopic (exact) mass is 311 g/mol. The van der Waals surface area contributed by atoms with Gasteiger partial charge in [-0.05, 0) is 31.0 Å². The Balaban J connectivity index is 2.20. The number of hydrogen-bond acceptors (Lipinski definition) is 4. The van der Waals surface area contributed by atoms with Gasteiger partial charge in [0.2, 0.25) is 15.9 Å². The van der Waals surface area contributed by atoms with E-state index >= 15 is 0 Å². The minimum absolute atomic E-state index is 0.00301. The number of amides is 1. The third kappa shape index (κ3) is 3.95. The molecule has 1 aromatic rings. The van der Waals surface area contributed by atoms with Gasteiger partial charge >= 0.3 is 0 Å². The third-order valence-electron chi connectivity index (χ3n) is 3.76. The molecule has 1 aliphatic rings. The van der Waals surface area contributed by atoms with Crippen molar-refractivity contribution in [2.45, 2.75) is 49.5 Å². The molecule has 0 spiro atoms. The van der Waals surface area contributed by atoms with Crippen LogP contribution in [0.3, 0.4) is 0 Å². The minimum Gasteiger partial charge on any atom is -0.398 e. The number of benzene rings is 1. The molecule has 0 heterocycles. The number of carbonyl (C=O) groups excluding carboxylic acids is 1. The predicted molar refractivity (Wildman–Crippen MR) is 81.2 cm³/mol. The molecule has 1 aromatic carbocycles. The molecule has 21 heavy (non-hydrogen) atoms. The van der Waals surface area contributed by atoms with Crippen LogP contribution in [-0.2, 0) is 10.0 Å². The van der Waals surface area contributed by atoms with Crippen LogP contribution < -0.4 is 16.2 Å². The molecule has 0 atom stereocenters. The van der Waals surface area contributed by atoms with Crippen LogP contribution in [0.1, 0.15) is 48.9 Å². The van der Waals surface area contributed by atoms with E-state index in [0.29, 0.717) is 0 Å². The van der Waals surface area contributed by atoms with Gasteiger partial charge in [-0.3, -0.25) is 4.79 Å². The summed E-state index contributed by atoms with van der Waals surface area (Å²) in [5.41, 5.74) is 11.1. The molecular formula is C14H21N3O3S. The Hall–Kier alpha value is -1.60. The van der Waals surface area contributed by atoms with Gasteiger partial charge in [-0.1, -0.05) is 25.7 Å². The molecule has 5 N–H and O–H groups in total. The number of nitrogens with one attached hydrogen (secondary N) is 1. The maximum absolute atomic E-state index is 12.4. The van der Waals surface area contributed by atoms with E-state index in [-0.39, 0.29) is 22.2 Å². The Morgan fingerprint density at radius 1 is 1.14 bits per heavy atom. The van der Waals surface area contributed by atoms with Gasteiger partial charge in [0.15, 0.2) is 0 Å². The summed E-state index contributed by atoms with van der Waals surface area (Å²) >= 11 is 0. The number of carbonyl (C=O) groups is 1. The first-order valence-corrected chi connectivity index (χ1v) is 8.60. The van der Waals surface area contributed by atoms with Crippen molar-refractivity contribution >= 4 is 21.6 Å². The van der Waals surface area contributed by atoms with E-state index in [1.54, 1.807) is 0 Å². The molecule has 0 aromatic heterocycles. The first-order chi connectivity index (χ1) is 9.90. The molecule has 1 amide bonds. The summed E-state index contributed by atoms with van der Waals surface area (Å²) in [6.45, 7) is 0. The van der Waals surface area contributed by atoms with Gasteiger partial charge in [0.25, 0.3) is 0 Å². The lowest BCUT2D eigenvalue weighted by Crippen LogP contribution is -2.34. The smallest absolute Gasteiger partial charge is 0.248 e. The lowest BCUT2D eigenvalue weighted by atomic mass is 10.1. The summed E-state index contributed by atoms with van der Waals surface area (Å²) in [6, 6.07) is 3.95. The lowest BCUT2D eigenvalue weighted by molar-refractivity contribution is 0.1000. The van der Waals surface area contributed by atoms with Crippen LogP contribution in [0.4, 0.5) is 5.69 Å². The molecule has 6 nitrogen and oxygen atoms in total. The van der Waals surface area contributed by atoms with Gasteiger partial charge in [0.05, 0.1) is 5.69 Å². The number of nitrogen functional groups attached to an aromatic ring is 1. The molecule has 0 aliphatic heterocycles. The van der Waals surface area contributed by atoms with Crippen LogP contribution in [-0.4, -0.2) is 20.4 Å². The van der Waals surface area contributed by atoms with Crippen LogP contribution in [0.15, 0.2) is 23.1 Å². The van der Waals surface area contributed by atoms with Gasteiger partial charge in [0.1, 0.15) is 4.90 Å². The normalized spacial score (nSPS) is 17.3. The maximum Gasteiger partial charge on any atom is 0.248 e. The number of nitrogens with two attached hydrogens (primary N) is 2. The highest BCUT2D eigenvalue weighted by molar-refractivity contribution is 7.89. The van der Waals surface area contributed by atoms with Gasteiger partial charge < -0.3 is 11.5 Å². The number of sulfonamides is 1. The van der Waals surface area contributed by atoms with Crippen molar-refractivity contribution in [1.82, 2.24) is 4.72 Å². The molecule has 116 valence electrons. The van der Waals surface area contributed by atoms with Crippen molar-refractivity contribution in [3.8, 4) is 0 Å². The zero-order valence-corrected chi connectivity index (χ0v) is 12.7. The molecule has 2 rings (SSSR count). The van der Waals surface area contributed by atoms with Gasteiger partial charge in [-0.15, -0.1) is 0 Å². The largest absolute Gasteiger partial charge is 0.398 e. The van der Waals surface area contributed by atoms with Crippen molar-refractivity contribution in [2.24, 2.45) is 5.73 Å². The van der Waals surface area contributed by atoms with Gasteiger partial charge in [-0.25, -0.2) is 13.1 Å². The van der Waals surface area contributed by atoms with E-state index in [1.165, 1.54) is 18.2 Å². The standard InChI is InChI=1S/C14H21N3O3S/c15-12-9-10(14(16)18)7-8-13(12)21(19,20)17-11-5-3-1-2-4-6-11/h7-9,11,17H,1-6,15H2,(H2,16,18). The fourth-order valence-electron chi connectivity index (χ4n) is 2.63. The lowest BCUT2D eigenvalue weighted by Gasteiger charge is -2.17. The summed E-state index contributed by atoms with van der Waals surface area (Å²) in [7, 11) is -3.68. The SMILES string of the molecule is NC(=O)c1ccc(S(=O)(=O)NC2CCCCCC2)c(N)c1. The fraction of sp³-hybridized carbons (Fsp3) is 0.500. The molecule has 7 heteroatoms. The summed E-state index contributed by atoms with van der Waals surface area (Å²) in [5.74, 6) is -0.637. The number of rotatable bonds is 4. The second kappa shape index (κ2) is 6.44. The van der Waals surface area contributed by atoms with E-state index in [9.17, 15) is 13.2 Å². The predicted octanol–water partition coefficient (Wildman–Crippen LogP) is 1.37. The number of primary amides is 1. The minimum atomic E-state index is -3.68. The van der Waals surface area contributed by atoms with Gasteiger partial charge in [-0.2, -0.15) is 0 Å². The molecular weight excluding hydrogens is 290 g/mol. The van der Waals surface area contributed by atoms with Crippen LogP contribution in [0, 0.1) is 0 Å². The molecule has 0 saturated heterocycles. The summed E-state index contributed by atoms with van der Waals surface area (Å²) < 4.78 is 27.5. The average Bonchev–Trinajstić information content (AvgIpc) is 2.66. The topological polar surface area (TPSA) is 115 Å². The van der Waals surface area contributed by atoms with E-state index in [4.69, 9.17) is 11.5 Å². The van der Waals surface area contributed by atoms with Crippen LogP contribution in [0.2, 0.25) is 0 Å². The van der Waals surface area contributed by atoms with Crippen LogP contribution in [0.25, 0.3) is 0 Å². The highest BCUT2D eigenvalue weighted by atomic mass is 32.2. The molecule has 1 fully saturated rings. The van der Waals surface area contributed by atoms with Crippen molar-refractivity contribution in [2.75, 3.05) is 5.73 Å². The number of anilines is 1. The molecule has 0 unspecified atom stereocenters. The Kier molecular flexibility index (Phi) is 4.84. The molecule has 0 bridgehead atoms. The van der Waals surface area contributed by atoms with Crippen molar-refractivity contribution < 1.29 is 13.2 Å². The Bertz CT molecular complexity index is 620. The van der Waals surface area contributed by atoms with Crippen molar-refractivity contribution in [3.05, 3.63) is 23.8 Å². The van der Waals surface area contributed by atoms with Gasteiger partial charge in [0, 0.05) is 11.6 Å². The van der Waals surface area contributed by atoms with E-state index < -0.39 is 15.9 Å². The highest BCUT2D eigenvalue weighted by Crippen LogP contribution is 2.23. The van der Waals surface area contributed by atoms with E-state index in [2.05, 4.69) is 4.72 Å². The first kappa shape index (κ1) is 15.8. The zero-order valence-electron chi connectivity index (χ0n) is 11.8. The second-order valence-electron chi connectivity index (χ2n) is 5.43. The Morgan fingerprint density at radius 2 is 1.76 bits per heavy atom. The van der Waals surface area contributed by atoms with Crippen LogP contribution >= 0.6 is 0 Å². The molecule has 0 radical (unpaired) electrons. The van der Waals surface area contributed by atoms with Crippen molar-refractivity contribution in [3.63, 3.8) is 0 Å². The number of hydrogen-bond donors (Lipinski definition) is 3. The second-order valence-corrected chi connectivity index (χ2v) is 7.11. The summed E-state index contributed by atoms with van der Waals surface area (Å²) in [6.07, 6.45) is 6.05. The zero-order chi connectivity index (χ0) is 15.5. The Morgan fingerprint density at radius 3 is 2.29 bits per heavy atom. The van der Waals surface area contributed by atoms with E-state index in [1.807, 2.05) is 0 Å². The van der Waals surface area contributed by atoms with Crippen molar-refractivity contribution in [1.29, 1.82) is 0 Å². The molecule has 1 saturated carbocycles. The van der Waals surface area contributed by atoms with Crippen LogP contribution in [0.5, 0.6) is 0 Å². The molecule has 1 aliphatic carbocycles. The highest BCUT2D eigenvalue weighted by Gasteiger charge is 2.23. The quantitative estimate of drug-likeness (QED) is 0.575. The Labute approximate surface area is 124 Å². The average molecular weight is 311 g/mol. The summed E-state index contributed by atoms with van der Waals surface area (Å²) in [5, 5.41) is 0. The summed E-state index contributed by atoms with van der Waals surface area (Å²) in [4.78, 5) is 11.1. The first-order valence-electron chi connectivity index (χ1n) is 7.12. The fourth-order valence-corrected chi connectivity index (χ4v) is 4.04.